The van der Waals surface area contributed by atoms with Crippen molar-refractivity contribution in [3.8, 4) is 5.75 Å². The Hall–Kier alpha value is -1.10. The number of nitrogens with one attached hydrogen (secondary N) is 1. The third kappa shape index (κ3) is 3.14. The molecule has 20 heavy (non-hydrogen) atoms. The van der Waals surface area contributed by atoms with Crippen LogP contribution in [0.3, 0.4) is 0 Å². The standard InChI is InChI=1S/C16H24N2O2/c1-19-16-5-4-13(15-3-2-6-17-15)11-14(16)12-18-7-9-20-10-8-18/h4-5,11,15,17H,2-3,6-10,12H2,1H3. The van der Waals surface area contributed by atoms with Gasteiger partial charge in [-0.1, -0.05) is 6.07 Å². The molecule has 1 aromatic carbocycles. The smallest absolute Gasteiger partial charge is 0.123 e. The van der Waals surface area contributed by atoms with Crippen LogP contribution in [0.2, 0.25) is 0 Å². The lowest BCUT2D eigenvalue weighted by Gasteiger charge is -2.27. The number of ether oxygens (including phenoxy) is 2. The van der Waals surface area contributed by atoms with Crippen molar-refractivity contribution >= 4 is 0 Å². The largest absolute Gasteiger partial charge is 0.496 e. The first kappa shape index (κ1) is 13.9. The molecule has 1 N–H and O–H groups in total. The molecule has 0 amide bonds. The average molecular weight is 276 g/mol. The van der Waals surface area contributed by atoms with Crippen LogP contribution >= 0.6 is 0 Å². The number of methoxy groups -OCH3 is 1. The van der Waals surface area contributed by atoms with Gasteiger partial charge in [-0.25, -0.2) is 0 Å². The number of hydrogen-bond donors (Lipinski definition) is 1. The Balaban J connectivity index is 1.76. The van der Waals surface area contributed by atoms with E-state index in [2.05, 4.69) is 28.4 Å². The zero-order valence-electron chi connectivity index (χ0n) is 12.2. The molecule has 1 aromatic rings. The van der Waals surface area contributed by atoms with Gasteiger partial charge < -0.3 is 14.8 Å². The molecule has 1 unspecified atom stereocenters. The van der Waals surface area contributed by atoms with Crippen molar-refractivity contribution in [2.45, 2.75) is 25.4 Å². The van der Waals surface area contributed by atoms with Gasteiger partial charge in [0.25, 0.3) is 0 Å². The molecule has 2 fully saturated rings. The van der Waals surface area contributed by atoms with Crippen LogP contribution in [0.15, 0.2) is 18.2 Å². The van der Waals surface area contributed by atoms with Gasteiger partial charge in [-0.3, -0.25) is 4.90 Å². The molecule has 2 heterocycles. The van der Waals surface area contributed by atoms with E-state index < -0.39 is 0 Å². The highest BCUT2D eigenvalue weighted by Crippen LogP contribution is 2.28. The number of morpholine rings is 1. The summed E-state index contributed by atoms with van der Waals surface area (Å²) >= 11 is 0. The van der Waals surface area contributed by atoms with E-state index in [0.717, 1.165) is 45.1 Å². The van der Waals surface area contributed by atoms with Crippen molar-refractivity contribution in [2.75, 3.05) is 40.0 Å². The molecule has 2 aliphatic heterocycles. The SMILES string of the molecule is COc1ccc(C2CCCN2)cc1CN1CCOCC1. The van der Waals surface area contributed by atoms with Crippen molar-refractivity contribution in [1.29, 1.82) is 0 Å². The number of rotatable bonds is 4. The molecular formula is C16H24N2O2. The summed E-state index contributed by atoms with van der Waals surface area (Å²) in [5.74, 6) is 0.998. The highest BCUT2D eigenvalue weighted by molar-refractivity contribution is 5.38. The second-order valence-corrected chi connectivity index (χ2v) is 5.61. The highest BCUT2D eigenvalue weighted by atomic mass is 16.5. The minimum absolute atomic E-state index is 0.518. The molecular weight excluding hydrogens is 252 g/mol. The first-order valence-corrected chi connectivity index (χ1v) is 7.57. The van der Waals surface area contributed by atoms with E-state index in [9.17, 15) is 0 Å². The van der Waals surface area contributed by atoms with Crippen LogP contribution < -0.4 is 10.1 Å². The van der Waals surface area contributed by atoms with Crippen LogP contribution in [-0.4, -0.2) is 44.9 Å². The summed E-state index contributed by atoms with van der Waals surface area (Å²) in [7, 11) is 1.76. The zero-order valence-corrected chi connectivity index (χ0v) is 12.2. The van der Waals surface area contributed by atoms with Gasteiger partial charge in [0, 0.05) is 31.2 Å². The predicted octanol–water partition coefficient (Wildman–Crippen LogP) is 1.95. The maximum Gasteiger partial charge on any atom is 0.123 e. The summed E-state index contributed by atoms with van der Waals surface area (Å²) in [6.07, 6.45) is 2.51. The van der Waals surface area contributed by atoms with E-state index in [1.165, 1.54) is 24.0 Å². The van der Waals surface area contributed by atoms with Crippen LogP contribution in [0.25, 0.3) is 0 Å². The fourth-order valence-corrected chi connectivity index (χ4v) is 3.11. The van der Waals surface area contributed by atoms with E-state index in [4.69, 9.17) is 9.47 Å². The number of hydrogen-bond acceptors (Lipinski definition) is 4. The normalized spacial score (nSPS) is 23.9. The highest BCUT2D eigenvalue weighted by Gasteiger charge is 2.19. The van der Waals surface area contributed by atoms with Gasteiger partial charge in [0.2, 0.25) is 0 Å². The van der Waals surface area contributed by atoms with Crippen LogP contribution in [0, 0.1) is 0 Å². The fourth-order valence-electron chi connectivity index (χ4n) is 3.11. The van der Waals surface area contributed by atoms with Gasteiger partial charge >= 0.3 is 0 Å². The Labute approximate surface area is 121 Å². The molecule has 1 atom stereocenters. The Morgan fingerprint density at radius 1 is 1.35 bits per heavy atom. The Kier molecular flexibility index (Phi) is 4.55. The molecule has 110 valence electrons. The van der Waals surface area contributed by atoms with E-state index in [1.807, 2.05) is 0 Å². The summed E-state index contributed by atoms with van der Waals surface area (Å²) in [6.45, 7) is 5.78. The lowest BCUT2D eigenvalue weighted by atomic mass is 10.0. The third-order valence-corrected chi connectivity index (χ3v) is 4.26. The van der Waals surface area contributed by atoms with Gasteiger partial charge in [0.15, 0.2) is 0 Å². The zero-order chi connectivity index (χ0) is 13.8. The minimum atomic E-state index is 0.518. The maximum atomic E-state index is 5.53. The summed E-state index contributed by atoms with van der Waals surface area (Å²) in [4.78, 5) is 2.44. The Bertz CT molecular complexity index is 438. The lowest BCUT2D eigenvalue weighted by molar-refractivity contribution is 0.0338. The van der Waals surface area contributed by atoms with Gasteiger partial charge in [-0.05, 0) is 37.1 Å². The summed E-state index contributed by atoms with van der Waals surface area (Å²) in [6, 6.07) is 7.15. The summed E-state index contributed by atoms with van der Waals surface area (Å²) in [5.41, 5.74) is 2.69. The topological polar surface area (TPSA) is 33.7 Å². The molecule has 4 nitrogen and oxygen atoms in total. The van der Waals surface area contributed by atoms with E-state index >= 15 is 0 Å². The fraction of sp³-hybridized carbons (Fsp3) is 0.625. The number of nitrogens with zero attached hydrogens (tertiary/aromatic N) is 1. The molecule has 2 aliphatic rings. The van der Waals surface area contributed by atoms with E-state index in [1.54, 1.807) is 7.11 Å². The minimum Gasteiger partial charge on any atom is -0.496 e. The van der Waals surface area contributed by atoms with Crippen molar-refractivity contribution < 1.29 is 9.47 Å². The second kappa shape index (κ2) is 6.57. The predicted molar refractivity (Wildman–Crippen MR) is 79.1 cm³/mol. The summed E-state index contributed by atoms with van der Waals surface area (Å²) in [5, 5.41) is 3.57. The van der Waals surface area contributed by atoms with Crippen LogP contribution in [0.4, 0.5) is 0 Å². The van der Waals surface area contributed by atoms with Crippen LogP contribution in [-0.2, 0) is 11.3 Å². The molecule has 2 saturated heterocycles. The van der Waals surface area contributed by atoms with Crippen molar-refractivity contribution in [2.24, 2.45) is 0 Å². The Morgan fingerprint density at radius 3 is 2.90 bits per heavy atom. The molecule has 0 bridgehead atoms. The van der Waals surface area contributed by atoms with Crippen molar-refractivity contribution in [3.05, 3.63) is 29.3 Å². The summed E-state index contributed by atoms with van der Waals surface area (Å²) < 4.78 is 10.9. The quantitative estimate of drug-likeness (QED) is 0.911. The molecule has 0 saturated carbocycles. The van der Waals surface area contributed by atoms with Crippen LogP contribution in [0.1, 0.15) is 30.0 Å². The van der Waals surface area contributed by atoms with Crippen LogP contribution in [0.5, 0.6) is 5.75 Å². The molecule has 4 heteroatoms. The second-order valence-electron chi connectivity index (χ2n) is 5.61. The molecule has 0 spiro atoms. The van der Waals surface area contributed by atoms with Crippen molar-refractivity contribution in [1.82, 2.24) is 10.2 Å². The lowest BCUT2D eigenvalue weighted by Crippen LogP contribution is -2.35. The van der Waals surface area contributed by atoms with Crippen molar-refractivity contribution in [3.63, 3.8) is 0 Å². The Morgan fingerprint density at radius 2 is 2.20 bits per heavy atom. The van der Waals surface area contributed by atoms with E-state index in [-0.39, 0.29) is 0 Å². The van der Waals surface area contributed by atoms with Gasteiger partial charge in [0.05, 0.1) is 20.3 Å². The van der Waals surface area contributed by atoms with Gasteiger partial charge in [0.1, 0.15) is 5.75 Å². The van der Waals surface area contributed by atoms with Gasteiger partial charge in [-0.2, -0.15) is 0 Å². The molecule has 0 aromatic heterocycles. The average Bonchev–Trinajstić information content (AvgIpc) is 3.02. The first-order valence-electron chi connectivity index (χ1n) is 7.57. The van der Waals surface area contributed by atoms with E-state index in [0.29, 0.717) is 6.04 Å². The first-order chi connectivity index (χ1) is 9.86. The van der Waals surface area contributed by atoms with Gasteiger partial charge in [-0.15, -0.1) is 0 Å². The number of benzene rings is 1. The molecule has 3 rings (SSSR count). The maximum absolute atomic E-state index is 5.53. The third-order valence-electron chi connectivity index (χ3n) is 4.26. The molecule has 0 aliphatic carbocycles. The monoisotopic (exact) mass is 276 g/mol. The molecule has 0 radical (unpaired) electrons.